The van der Waals surface area contributed by atoms with Crippen molar-refractivity contribution in [3.05, 3.63) is 29.8 Å². The smallest absolute Gasteiger partial charge is 0.118 e. The molecule has 4 heteroatoms. The minimum Gasteiger partial charge on any atom is -0.497 e. The quantitative estimate of drug-likeness (QED) is 0.915. The standard InChI is InChI=1S/C16H23N3O/c1-3-9-19-10-8-15-14(11-19)16(18-17-15)12-4-6-13(20-2)7-5-12/h4-7,14,16,18H,3,8-11H2,1-2H3. The first kappa shape index (κ1) is 13.4. The zero-order valence-electron chi connectivity index (χ0n) is 12.3. The predicted molar refractivity (Wildman–Crippen MR) is 81.1 cm³/mol. The molecule has 0 bridgehead atoms. The van der Waals surface area contributed by atoms with E-state index in [1.165, 1.54) is 24.2 Å². The minimum absolute atomic E-state index is 0.315. The van der Waals surface area contributed by atoms with Crippen LogP contribution in [0.2, 0.25) is 0 Å². The lowest BCUT2D eigenvalue weighted by molar-refractivity contribution is 0.228. The first-order valence-electron chi connectivity index (χ1n) is 7.50. The third kappa shape index (κ3) is 2.52. The number of fused-ring (bicyclic) bond motifs is 1. The maximum atomic E-state index is 5.23. The van der Waals surface area contributed by atoms with Crippen molar-refractivity contribution in [3.8, 4) is 5.75 Å². The molecule has 1 aromatic rings. The molecular weight excluding hydrogens is 250 g/mol. The van der Waals surface area contributed by atoms with E-state index < -0.39 is 0 Å². The molecule has 1 N–H and O–H groups in total. The van der Waals surface area contributed by atoms with Crippen LogP contribution in [0.4, 0.5) is 0 Å². The molecule has 0 amide bonds. The van der Waals surface area contributed by atoms with E-state index in [2.05, 4.69) is 34.5 Å². The van der Waals surface area contributed by atoms with Gasteiger partial charge in [0.15, 0.2) is 0 Å². The average molecular weight is 273 g/mol. The van der Waals surface area contributed by atoms with Crippen LogP contribution in [0.15, 0.2) is 29.4 Å². The van der Waals surface area contributed by atoms with E-state index in [0.29, 0.717) is 12.0 Å². The first-order valence-corrected chi connectivity index (χ1v) is 7.50. The summed E-state index contributed by atoms with van der Waals surface area (Å²) in [5, 5.41) is 4.56. The van der Waals surface area contributed by atoms with Crippen molar-refractivity contribution in [2.24, 2.45) is 11.0 Å². The number of piperidine rings is 1. The maximum Gasteiger partial charge on any atom is 0.118 e. The van der Waals surface area contributed by atoms with Crippen molar-refractivity contribution in [2.75, 3.05) is 26.7 Å². The van der Waals surface area contributed by atoms with Gasteiger partial charge >= 0.3 is 0 Å². The number of benzene rings is 1. The normalized spacial score (nSPS) is 25.8. The highest BCUT2D eigenvalue weighted by Crippen LogP contribution is 2.33. The van der Waals surface area contributed by atoms with Gasteiger partial charge < -0.3 is 15.1 Å². The van der Waals surface area contributed by atoms with Crippen molar-refractivity contribution >= 4 is 5.71 Å². The molecule has 0 saturated carbocycles. The molecule has 2 aliphatic rings. The number of hydrogen-bond acceptors (Lipinski definition) is 4. The van der Waals surface area contributed by atoms with Gasteiger partial charge in [-0.1, -0.05) is 19.1 Å². The van der Waals surface area contributed by atoms with Gasteiger partial charge in [0.05, 0.1) is 13.2 Å². The number of methoxy groups -OCH3 is 1. The summed E-state index contributed by atoms with van der Waals surface area (Å²) in [4.78, 5) is 2.56. The van der Waals surface area contributed by atoms with Gasteiger partial charge in [0, 0.05) is 31.1 Å². The van der Waals surface area contributed by atoms with E-state index in [1.807, 2.05) is 12.1 Å². The zero-order valence-corrected chi connectivity index (χ0v) is 12.3. The van der Waals surface area contributed by atoms with Gasteiger partial charge in [-0.3, -0.25) is 0 Å². The molecule has 108 valence electrons. The van der Waals surface area contributed by atoms with Crippen molar-refractivity contribution in [1.29, 1.82) is 0 Å². The van der Waals surface area contributed by atoms with Gasteiger partial charge in [0.1, 0.15) is 5.75 Å². The van der Waals surface area contributed by atoms with Gasteiger partial charge in [0.2, 0.25) is 0 Å². The highest BCUT2D eigenvalue weighted by atomic mass is 16.5. The molecule has 0 aromatic heterocycles. The number of nitrogens with zero attached hydrogens (tertiary/aromatic N) is 2. The van der Waals surface area contributed by atoms with Crippen LogP contribution in [-0.2, 0) is 0 Å². The number of hydrazone groups is 1. The van der Waals surface area contributed by atoms with E-state index in [4.69, 9.17) is 4.74 Å². The summed E-state index contributed by atoms with van der Waals surface area (Å²) in [7, 11) is 1.70. The summed E-state index contributed by atoms with van der Waals surface area (Å²) in [6.07, 6.45) is 2.32. The van der Waals surface area contributed by atoms with E-state index in [0.717, 1.165) is 25.3 Å². The summed E-state index contributed by atoms with van der Waals surface area (Å²) in [5.74, 6) is 1.42. The van der Waals surface area contributed by atoms with Crippen molar-refractivity contribution < 1.29 is 4.74 Å². The van der Waals surface area contributed by atoms with Gasteiger partial charge in [-0.2, -0.15) is 5.10 Å². The average Bonchev–Trinajstić information content (AvgIpc) is 2.91. The van der Waals surface area contributed by atoms with Crippen LogP contribution >= 0.6 is 0 Å². The Morgan fingerprint density at radius 1 is 1.35 bits per heavy atom. The molecule has 1 aromatic carbocycles. The Balaban J connectivity index is 1.74. The molecule has 2 atom stereocenters. The second-order valence-electron chi connectivity index (χ2n) is 5.64. The number of rotatable bonds is 4. The summed E-state index contributed by atoms with van der Waals surface area (Å²) < 4.78 is 5.23. The van der Waals surface area contributed by atoms with E-state index in [9.17, 15) is 0 Å². The molecule has 2 heterocycles. The Hall–Kier alpha value is -1.55. The van der Waals surface area contributed by atoms with Crippen LogP contribution in [0.5, 0.6) is 5.75 Å². The summed E-state index contributed by atoms with van der Waals surface area (Å²) >= 11 is 0. The SMILES string of the molecule is CCCN1CCC2=NNC(c3ccc(OC)cc3)C2C1. The number of hydrogen-bond donors (Lipinski definition) is 1. The van der Waals surface area contributed by atoms with Crippen molar-refractivity contribution in [1.82, 2.24) is 10.3 Å². The molecule has 0 spiro atoms. The minimum atomic E-state index is 0.315. The second kappa shape index (κ2) is 5.83. The summed E-state index contributed by atoms with van der Waals surface area (Å²) in [6, 6.07) is 8.67. The molecule has 2 unspecified atom stereocenters. The maximum absolute atomic E-state index is 5.23. The monoisotopic (exact) mass is 273 g/mol. The third-order valence-electron chi connectivity index (χ3n) is 4.33. The van der Waals surface area contributed by atoms with Gasteiger partial charge in [-0.05, 0) is 30.7 Å². The number of nitrogens with one attached hydrogen (secondary N) is 1. The highest BCUT2D eigenvalue weighted by Gasteiger charge is 2.36. The van der Waals surface area contributed by atoms with Crippen LogP contribution < -0.4 is 10.2 Å². The molecule has 2 aliphatic heterocycles. The number of likely N-dealkylation sites (tertiary alicyclic amines) is 1. The van der Waals surface area contributed by atoms with Crippen molar-refractivity contribution in [2.45, 2.75) is 25.8 Å². The molecular formula is C16H23N3O. The molecule has 0 radical (unpaired) electrons. The lowest BCUT2D eigenvalue weighted by atomic mass is 9.86. The highest BCUT2D eigenvalue weighted by molar-refractivity contribution is 5.89. The lowest BCUT2D eigenvalue weighted by Crippen LogP contribution is -2.42. The Kier molecular flexibility index (Phi) is 3.92. The molecule has 20 heavy (non-hydrogen) atoms. The topological polar surface area (TPSA) is 36.9 Å². The van der Waals surface area contributed by atoms with Crippen LogP contribution in [-0.4, -0.2) is 37.4 Å². The van der Waals surface area contributed by atoms with Crippen LogP contribution in [0.25, 0.3) is 0 Å². The van der Waals surface area contributed by atoms with Gasteiger partial charge in [-0.15, -0.1) is 0 Å². The Bertz CT molecular complexity index is 483. The summed E-state index contributed by atoms with van der Waals surface area (Å²) in [5.41, 5.74) is 5.98. The second-order valence-corrected chi connectivity index (χ2v) is 5.64. The lowest BCUT2D eigenvalue weighted by Gasteiger charge is -2.33. The van der Waals surface area contributed by atoms with Crippen molar-refractivity contribution in [3.63, 3.8) is 0 Å². The fourth-order valence-electron chi connectivity index (χ4n) is 3.25. The predicted octanol–water partition coefficient (Wildman–Crippen LogP) is 2.43. The first-order chi connectivity index (χ1) is 9.81. The van der Waals surface area contributed by atoms with Crippen LogP contribution in [0.1, 0.15) is 31.4 Å². The Labute approximate surface area is 120 Å². The van der Waals surface area contributed by atoms with Crippen LogP contribution in [0, 0.1) is 5.92 Å². The fraction of sp³-hybridized carbons (Fsp3) is 0.562. The molecule has 4 nitrogen and oxygen atoms in total. The number of ether oxygens (including phenoxy) is 1. The van der Waals surface area contributed by atoms with Gasteiger partial charge in [0.25, 0.3) is 0 Å². The molecule has 1 fully saturated rings. The third-order valence-corrected chi connectivity index (χ3v) is 4.33. The zero-order chi connectivity index (χ0) is 13.9. The molecule has 0 aliphatic carbocycles. The van der Waals surface area contributed by atoms with E-state index in [-0.39, 0.29) is 0 Å². The fourth-order valence-corrected chi connectivity index (χ4v) is 3.25. The van der Waals surface area contributed by atoms with Crippen LogP contribution in [0.3, 0.4) is 0 Å². The molecule has 1 saturated heterocycles. The van der Waals surface area contributed by atoms with E-state index in [1.54, 1.807) is 7.11 Å². The Morgan fingerprint density at radius 2 is 2.15 bits per heavy atom. The molecule has 3 rings (SSSR count). The van der Waals surface area contributed by atoms with Gasteiger partial charge in [-0.25, -0.2) is 0 Å². The van der Waals surface area contributed by atoms with E-state index >= 15 is 0 Å². The summed E-state index contributed by atoms with van der Waals surface area (Å²) in [6.45, 7) is 5.72. The largest absolute Gasteiger partial charge is 0.497 e. The Morgan fingerprint density at radius 3 is 2.85 bits per heavy atom.